The highest BCUT2D eigenvalue weighted by atomic mass is 32.2. The van der Waals surface area contributed by atoms with Crippen molar-refractivity contribution in [2.75, 3.05) is 0 Å². The van der Waals surface area contributed by atoms with E-state index in [1.807, 2.05) is 0 Å². The second-order valence-electron chi connectivity index (χ2n) is 3.43. The van der Waals surface area contributed by atoms with Crippen molar-refractivity contribution in [1.29, 1.82) is 0 Å². The lowest BCUT2D eigenvalue weighted by molar-refractivity contribution is -0.0554. The van der Waals surface area contributed by atoms with E-state index in [9.17, 15) is 26.5 Å². The highest BCUT2D eigenvalue weighted by Gasteiger charge is 2.46. The van der Waals surface area contributed by atoms with Gasteiger partial charge in [-0.05, 0) is 19.1 Å². The van der Waals surface area contributed by atoms with Gasteiger partial charge in [0, 0.05) is 0 Å². The van der Waals surface area contributed by atoms with Gasteiger partial charge in [0.2, 0.25) is 0 Å². The van der Waals surface area contributed by atoms with E-state index >= 15 is 0 Å². The van der Waals surface area contributed by atoms with Gasteiger partial charge in [0.15, 0.2) is 16.2 Å². The summed E-state index contributed by atoms with van der Waals surface area (Å²) in [6, 6.07) is 7.15. The van der Waals surface area contributed by atoms with Gasteiger partial charge in [0.05, 0.1) is 5.56 Å². The average Bonchev–Trinajstić information content (AvgIpc) is 2.28. The number of rotatable bonds is 4. The molecule has 1 rings (SSSR count). The molecule has 0 radical (unpaired) electrons. The fourth-order valence-corrected chi connectivity index (χ4v) is 1.53. The van der Waals surface area contributed by atoms with Gasteiger partial charge in [-0.25, -0.2) is 13.2 Å². The number of hydrogen-bond donors (Lipinski definition) is 0. The Hall–Kier alpha value is -1.54. The van der Waals surface area contributed by atoms with Crippen molar-refractivity contribution in [1.82, 2.24) is 0 Å². The van der Waals surface area contributed by atoms with Crippen molar-refractivity contribution >= 4 is 16.1 Å². The fraction of sp³-hybridized carbons (Fsp3) is 0.300. The van der Waals surface area contributed by atoms with Crippen molar-refractivity contribution < 1.29 is 31.3 Å². The maximum atomic E-state index is 13.0. The molecule has 1 atom stereocenters. The minimum absolute atomic E-state index is 0.0246. The second-order valence-corrected chi connectivity index (χ2v) is 4.88. The first-order valence-electron chi connectivity index (χ1n) is 4.75. The zero-order valence-electron chi connectivity index (χ0n) is 9.17. The predicted octanol–water partition coefficient (Wildman–Crippen LogP) is 1.37. The van der Waals surface area contributed by atoms with Crippen LogP contribution in [0.2, 0.25) is 0 Å². The number of carbonyl (C=O) groups excluding carboxylic acids is 1. The Kier molecular flexibility index (Phi) is 4.02. The normalized spacial score (nSPS) is 14.0. The molecule has 0 aliphatic heterocycles. The molecule has 0 fully saturated rings. The van der Waals surface area contributed by atoms with Gasteiger partial charge >= 0.3 is 11.2 Å². The Balaban J connectivity index is 2.84. The van der Waals surface area contributed by atoms with E-state index in [2.05, 4.69) is 4.74 Å². The Morgan fingerprint density at radius 2 is 1.83 bits per heavy atom. The Labute approximate surface area is 102 Å². The highest BCUT2D eigenvalue weighted by molar-refractivity contribution is 7.86. The minimum atomic E-state index is -5.89. The van der Waals surface area contributed by atoms with Crippen molar-refractivity contribution in [3.05, 3.63) is 35.9 Å². The number of halogens is 2. The maximum Gasteiger partial charge on any atom is 0.370 e. The van der Waals surface area contributed by atoms with Gasteiger partial charge in [-0.15, -0.1) is 0 Å². The molecule has 0 bridgehead atoms. The van der Waals surface area contributed by atoms with Crippen LogP contribution in [0.25, 0.3) is 0 Å². The summed E-state index contributed by atoms with van der Waals surface area (Å²) in [5, 5.41) is -4.67. The summed E-state index contributed by atoms with van der Waals surface area (Å²) in [6.07, 6.45) is -2.37. The number of ether oxygens (including phenoxy) is 1. The van der Waals surface area contributed by atoms with Crippen molar-refractivity contribution in [2.24, 2.45) is 0 Å². The summed E-state index contributed by atoms with van der Waals surface area (Å²) < 4.78 is 61.3. The van der Waals surface area contributed by atoms with Gasteiger partial charge in [0.1, 0.15) is 0 Å². The number of carbonyl (C=O) groups is 1. The SMILES string of the molecule is CC(OC(=O)c1ccccc1)C(F)(F)S(=O)(=O)[O-]. The van der Waals surface area contributed by atoms with Crippen LogP contribution < -0.4 is 0 Å². The van der Waals surface area contributed by atoms with E-state index in [1.165, 1.54) is 24.3 Å². The highest BCUT2D eigenvalue weighted by Crippen LogP contribution is 2.27. The molecule has 0 aliphatic rings. The molecular weight excluding hydrogens is 270 g/mol. The molecule has 1 aromatic carbocycles. The monoisotopic (exact) mass is 279 g/mol. The van der Waals surface area contributed by atoms with Crippen LogP contribution in [0.15, 0.2) is 30.3 Å². The average molecular weight is 279 g/mol. The Morgan fingerprint density at radius 3 is 2.28 bits per heavy atom. The first-order valence-corrected chi connectivity index (χ1v) is 6.16. The van der Waals surface area contributed by atoms with Gasteiger partial charge in [-0.1, -0.05) is 18.2 Å². The van der Waals surface area contributed by atoms with Crippen LogP contribution in [0.1, 0.15) is 17.3 Å². The number of alkyl halides is 2. The molecule has 0 spiro atoms. The van der Waals surface area contributed by atoms with Crippen molar-refractivity contribution in [3.8, 4) is 0 Å². The van der Waals surface area contributed by atoms with E-state index in [0.717, 1.165) is 0 Å². The van der Waals surface area contributed by atoms with Crippen LogP contribution in [-0.4, -0.2) is 30.3 Å². The van der Waals surface area contributed by atoms with Crippen molar-refractivity contribution in [3.63, 3.8) is 0 Å². The topological polar surface area (TPSA) is 83.5 Å². The first-order chi connectivity index (χ1) is 8.16. The number of esters is 1. The maximum absolute atomic E-state index is 13.0. The summed E-state index contributed by atoms with van der Waals surface area (Å²) in [5.41, 5.74) is -0.0246. The lowest BCUT2D eigenvalue weighted by Crippen LogP contribution is -2.42. The summed E-state index contributed by atoms with van der Waals surface area (Å²) in [7, 11) is -5.89. The van der Waals surface area contributed by atoms with Gasteiger partial charge in [0.25, 0.3) is 0 Å². The van der Waals surface area contributed by atoms with Crippen LogP contribution in [-0.2, 0) is 14.9 Å². The van der Waals surface area contributed by atoms with Gasteiger partial charge in [-0.3, -0.25) is 0 Å². The summed E-state index contributed by atoms with van der Waals surface area (Å²) >= 11 is 0. The van der Waals surface area contributed by atoms with Crippen LogP contribution in [0.4, 0.5) is 8.78 Å². The van der Waals surface area contributed by atoms with E-state index in [4.69, 9.17) is 0 Å². The lowest BCUT2D eigenvalue weighted by Gasteiger charge is -2.25. The molecule has 0 saturated heterocycles. The van der Waals surface area contributed by atoms with Crippen molar-refractivity contribution in [2.45, 2.75) is 18.3 Å². The largest absolute Gasteiger partial charge is 0.743 e. The quantitative estimate of drug-likeness (QED) is 0.614. The molecule has 0 amide bonds. The molecule has 0 heterocycles. The van der Waals surface area contributed by atoms with Crippen LogP contribution in [0.3, 0.4) is 0 Å². The smallest absolute Gasteiger partial charge is 0.370 e. The Morgan fingerprint density at radius 1 is 1.33 bits per heavy atom. The van der Waals surface area contributed by atoms with E-state index in [1.54, 1.807) is 6.07 Å². The molecule has 0 aliphatic carbocycles. The number of benzene rings is 1. The first kappa shape index (κ1) is 14.5. The van der Waals surface area contributed by atoms with E-state index in [0.29, 0.717) is 6.92 Å². The summed E-state index contributed by atoms with van der Waals surface area (Å²) in [4.78, 5) is 11.4. The zero-order valence-corrected chi connectivity index (χ0v) is 9.99. The lowest BCUT2D eigenvalue weighted by atomic mass is 10.2. The van der Waals surface area contributed by atoms with Crippen LogP contribution >= 0.6 is 0 Å². The number of hydrogen-bond acceptors (Lipinski definition) is 5. The predicted molar refractivity (Wildman–Crippen MR) is 56.0 cm³/mol. The summed E-state index contributed by atoms with van der Waals surface area (Å²) in [5.74, 6) is -1.13. The van der Waals surface area contributed by atoms with Gasteiger partial charge < -0.3 is 9.29 Å². The molecule has 8 heteroatoms. The Bertz CT molecular complexity index is 526. The standard InChI is InChI=1S/C10H10F2O5S/c1-7(10(11,12)18(14,15)16)17-9(13)8-5-3-2-4-6-8/h2-7H,1H3,(H,14,15,16)/p-1. The molecule has 0 N–H and O–H groups in total. The van der Waals surface area contributed by atoms with Crippen LogP contribution in [0, 0.1) is 0 Å². The molecule has 18 heavy (non-hydrogen) atoms. The summed E-state index contributed by atoms with van der Waals surface area (Å²) in [6.45, 7) is 0.635. The molecule has 1 aromatic rings. The third-order valence-electron chi connectivity index (χ3n) is 2.10. The molecule has 5 nitrogen and oxygen atoms in total. The third kappa shape index (κ3) is 3.02. The molecule has 0 aromatic heterocycles. The molecule has 1 unspecified atom stereocenters. The third-order valence-corrected chi connectivity index (χ3v) is 3.10. The van der Waals surface area contributed by atoms with E-state index in [-0.39, 0.29) is 5.56 Å². The van der Waals surface area contributed by atoms with Gasteiger partial charge in [-0.2, -0.15) is 8.78 Å². The minimum Gasteiger partial charge on any atom is -0.743 e. The fourth-order valence-electron chi connectivity index (χ4n) is 1.07. The zero-order chi connectivity index (χ0) is 14.0. The second kappa shape index (κ2) is 4.99. The molecule has 100 valence electrons. The molecule has 0 saturated carbocycles. The van der Waals surface area contributed by atoms with E-state index < -0.39 is 27.4 Å². The molecular formula is C10H9F2O5S-. The van der Waals surface area contributed by atoms with Crippen LogP contribution in [0.5, 0.6) is 0 Å².